The van der Waals surface area contributed by atoms with Gasteiger partial charge in [0.25, 0.3) is 0 Å². The molecular formula is C12H15FO3. The van der Waals surface area contributed by atoms with Crippen LogP contribution >= 0.6 is 0 Å². The second-order valence-corrected chi connectivity index (χ2v) is 3.90. The Morgan fingerprint density at radius 1 is 1.44 bits per heavy atom. The molecule has 0 bridgehead atoms. The lowest BCUT2D eigenvalue weighted by Gasteiger charge is -2.25. The molecule has 0 fully saturated rings. The van der Waals surface area contributed by atoms with Crippen molar-refractivity contribution in [3.8, 4) is 0 Å². The van der Waals surface area contributed by atoms with Crippen LogP contribution in [0.25, 0.3) is 0 Å². The van der Waals surface area contributed by atoms with Crippen molar-refractivity contribution >= 4 is 5.97 Å². The van der Waals surface area contributed by atoms with Gasteiger partial charge < -0.3 is 10.2 Å². The Morgan fingerprint density at radius 2 is 1.94 bits per heavy atom. The van der Waals surface area contributed by atoms with Crippen LogP contribution in [0.15, 0.2) is 24.3 Å². The first-order chi connectivity index (χ1) is 7.39. The third-order valence-electron chi connectivity index (χ3n) is 2.66. The van der Waals surface area contributed by atoms with Gasteiger partial charge in [-0.15, -0.1) is 0 Å². The number of aliphatic hydroxyl groups is 1. The fourth-order valence-corrected chi connectivity index (χ4v) is 1.46. The third kappa shape index (κ3) is 2.39. The van der Waals surface area contributed by atoms with E-state index in [1.165, 1.54) is 0 Å². The number of aliphatic carboxylic acids is 1. The highest BCUT2D eigenvalue weighted by Crippen LogP contribution is 2.27. The number of hydrogen-bond acceptors (Lipinski definition) is 2. The second kappa shape index (κ2) is 4.61. The number of carboxylic acids is 1. The molecule has 3 nitrogen and oxygen atoms in total. The van der Waals surface area contributed by atoms with Crippen LogP contribution in [-0.2, 0) is 16.8 Å². The van der Waals surface area contributed by atoms with Crippen molar-refractivity contribution in [2.45, 2.75) is 32.0 Å². The van der Waals surface area contributed by atoms with Crippen LogP contribution < -0.4 is 0 Å². The van der Waals surface area contributed by atoms with Gasteiger partial charge in [-0.25, -0.2) is 9.18 Å². The van der Waals surface area contributed by atoms with E-state index in [1.807, 2.05) is 6.92 Å². The number of carboxylic acid groups (broad SMARTS) is 1. The van der Waals surface area contributed by atoms with Crippen molar-refractivity contribution < 1.29 is 19.4 Å². The zero-order valence-corrected chi connectivity index (χ0v) is 9.27. The van der Waals surface area contributed by atoms with E-state index in [1.54, 1.807) is 24.3 Å². The number of rotatable bonds is 4. The summed E-state index contributed by atoms with van der Waals surface area (Å²) >= 11 is 0. The first kappa shape index (κ1) is 12.6. The monoisotopic (exact) mass is 226 g/mol. The zero-order chi connectivity index (χ0) is 12.3. The molecule has 0 aliphatic carbocycles. The van der Waals surface area contributed by atoms with Crippen molar-refractivity contribution in [3.63, 3.8) is 0 Å². The van der Waals surface area contributed by atoms with E-state index in [0.29, 0.717) is 0 Å². The molecule has 0 aromatic heterocycles. The smallest absolute Gasteiger partial charge is 0.341 e. The first-order valence-corrected chi connectivity index (χ1v) is 5.08. The molecule has 0 saturated carbocycles. The molecular weight excluding hydrogens is 211 g/mol. The van der Waals surface area contributed by atoms with E-state index in [0.717, 1.165) is 18.9 Å². The molecule has 2 atom stereocenters. The summed E-state index contributed by atoms with van der Waals surface area (Å²) in [6.45, 7) is 3.13. The van der Waals surface area contributed by atoms with Crippen molar-refractivity contribution in [2.75, 3.05) is 0 Å². The minimum Gasteiger partial charge on any atom is -0.479 e. The van der Waals surface area contributed by atoms with Crippen LogP contribution in [0.2, 0.25) is 0 Å². The average Bonchev–Trinajstić information content (AvgIpc) is 2.28. The normalized spacial score (nSPS) is 16.5. The number of alkyl halides is 1. The summed E-state index contributed by atoms with van der Waals surface area (Å²) < 4.78 is 13.3. The van der Waals surface area contributed by atoms with Gasteiger partial charge >= 0.3 is 5.97 Å². The minimum atomic E-state index is -2.33. The summed E-state index contributed by atoms with van der Waals surface area (Å²) in [5, 5.41) is 18.4. The Bertz CT molecular complexity index is 370. The maximum absolute atomic E-state index is 13.3. The lowest BCUT2D eigenvalue weighted by Crippen LogP contribution is -2.39. The summed E-state index contributed by atoms with van der Waals surface area (Å²) in [6.07, 6.45) is -1.50. The molecule has 0 saturated heterocycles. The number of halogens is 1. The van der Waals surface area contributed by atoms with Gasteiger partial charge in [-0.3, -0.25) is 0 Å². The number of aryl methyl sites for hydroxylation is 1. The lowest BCUT2D eigenvalue weighted by atomic mass is 9.90. The molecule has 88 valence electrons. The van der Waals surface area contributed by atoms with Gasteiger partial charge in [-0.1, -0.05) is 31.2 Å². The van der Waals surface area contributed by atoms with Gasteiger partial charge in [-0.05, 0) is 24.5 Å². The van der Waals surface area contributed by atoms with Crippen molar-refractivity contribution in [1.29, 1.82) is 0 Å². The highest BCUT2D eigenvalue weighted by atomic mass is 19.1. The molecule has 0 spiro atoms. The van der Waals surface area contributed by atoms with Crippen LogP contribution in [0.4, 0.5) is 4.39 Å². The van der Waals surface area contributed by atoms with E-state index in [2.05, 4.69) is 0 Å². The summed E-state index contributed by atoms with van der Waals surface area (Å²) in [5.74, 6) is -1.66. The van der Waals surface area contributed by atoms with Crippen molar-refractivity contribution in [3.05, 3.63) is 35.4 Å². The molecule has 1 aromatic carbocycles. The Labute approximate surface area is 93.5 Å². The topological polar surface area (TPSA) is 57.5 Å². The molecule has 4 heteroatoms. The van der Waals surface area contributed by atoms with Gasteiger partial charge in [0.05, 0.1) is 0 Å². The Hall–Kier alpha value is -1.42. The van der Waals surface area contributed by atoms with Crippen LogP contribution in [0.1, 0.15) is 25.0 Å². The van der Waals surface area contributed by atoms with Crippen LogP contribution in [0, 0.1) is 0 Å². The molecule has 0 amide bonds. The average molecular weight is 226 g/mol. The van der Waals surface area contributed by atoms with Crippen LogP contribution in [0.5, 0.6) is 0 Å². The van der Waals surface area contributed by atoms with Crippen LogP contribution in [-0.4, -0.2) is 22.4 Å². The molecule has 1 rings (SSSR count). The maximum Gasteiger partial charge on any atom is 0.341 e. The van der Waals surface area contributed by atoms with Gasteiger partial charge in [-0.2, -0.15) is 0 Å². The van der Waals surface area contributed by atoms with E-state index < -0.39 is 17.7 Å². The molecule has 0 aliphatic rings. The van der Waals surface area contributed by atoms with Gasteiger partial charge in [0.1, 0.15) is 5.60 Å². The van der Waals surface area contributed by atoms with E-state index in [4.69, 9.17) is 5.11 Å². The number of hydrogen-bond donors (Lipinski definition) is 2. The fourth-order valence-electron chi connectivity index (χ4n) is 1.46. The SMILES string of the molecule is CCc1ccc(C(C)(O)C(F)C(=O)O)cc1. The summed E-state index contributed by atoms with van der Waals surface area (Å²) in [6, 6.07) is 6.60. The largest absolute Gasteiger partial charge is 0.479 e. The molecule has 0 radical (unpaired) electrons. The predicted octanol–water partition coefficient (Wildman–Crippen LogP) is 1.88. The lowest BCUT2D eigenvalue weighted by molar-refractivity contribution is -0.153. The van der Waals surface area contributed by atoms with Gasteiger partial charge in [0.15, 0.2) is 0 Å². The second-order valence-electron chi connectivity index (χ2n) is 3.90. The summed E-state index contributed by atoms with van der Waals surface area (Å²) in [5.41, 5.74) is -0.692. The van der Waals surface area contributed by atoms with E-state index >= 15 is 0 Å². The Morgan fingerprint density at radius 3 is 2.31 bits per heavy atom. The van der Waals surface area contributed by atoms with Crippen LogP contribution in [0.3, 0.4) is 0 Å². The van der Waals surface area contributed by atoms with Gasteiger partial charge in [0, 0.05) is 0 Å². The molecule has 2 N–H and O–H groups in total. The van der Waals surface area contributed by atoms with Gasteiger partial charge in [0.2, 0.25) is 6.17 Å². The molecule has 0 heterocycles. The molecule has 0 aliphatic heterocycles. The van der Waals surface area contributed by atoms with Crippen molar-refractivity contribution in [2.24, 2.45) is 0 Å². The standard InChI is InChI=1S/C12H15FO3/c1-3-8-4-6-9(7-5-8)12(2,16)10(13)11(14)15/h4-7,10,16H,3H2,1-2H3,(H,14,15). The van der Waals surface area contributed by atoms with Crippen molar-refractivity contribution in [1.82, 2.24) is 0 Å². The number of benzene rings is 1. The molecule has 2 unspecified atom stereocenters. The zero-order valence-electron chi connectivity index (χ0n) is 9.27. The maximum atomic E-state index is 13.3. The molecule has 1 aromatic rings. The summed E-state index contributed by atoms with van der Waals surface area (Å²) in [7, 11) is 0. The highest BCUT2D eigenvalue weighted by Gasteiger charge is 2.39. The molecule has 16 heavy (non-hydrogen) atoms. The number of carbonyl (C=O) groups is 1. The van der Waals surface area contributed by atoms with E-state index in [-0.39, 0.29) is 5.56 Å². The third-order valence-corrected chi connectivity index (χ3v) is 2.66. The predicted molar refractivity (Wildman–Crippen MR) is 57.9 cm³/mol. The Balaban J connectivity index is 3.02. The van der Waals surface area contributed by atoms with E-state index in [9.17, 15) is 14.3 Å². The minimum absolute atomic E-state index is 0.264. The Kier molecular flexibility index (Phi) is 3.65. The fraction of sp³-hybridized carbons (Fsp3) is 0.417. The first-order valence-electron chi connectivity index (χ1n) is 5.08. The summed E-state index contributed by atoms with van der Waals surface area (Å²) in [4.78, 5) is 10.5. The quantitative estimate of drug-likeness (QED) is 0.824. The highest BCUT2D eigenvalue weighted by molar-refractivity contribution is 5.74.